The molecular formula is C28H31NO14. The number of phenols is 1. The first-order chi connectivity index (χ1) is 20.2. The summed E-state index contributed by atoms with van der Waals surface area (Å²) in [6, 6.07) is 2.98. The number of aliphatic carboxylic acids is 2. The van der Waals surface area contributed by atoms with Crippen LogP contribution in [0.15, 0.2) is 24.0 Å². The Kier molecular flexibility index (Phi) is 7.61. The van der Waals surface area contributed by atoms with Gasteiger partial charge in [0.05, 0.1) is 23.9 Å². The molecular weight excluding hydrogens is 574 g/mol. The molecule has 4 aliphatic rings. The highest BCUT2D eigenvalue weighted by Crippen LogP contribution is 2.65. The number of carboxylic acid groups (broad SMARTS) is 2. The molecule has 1 fully saturated rings. The normalized spacial score (nSPS) is 28.7. The van der Waals surface area contributed by atoms with Crippen molar-refractivity contribution in [1.82, 2.24) is 4.90 Å². The molecule has 1 aromatic rings. The number of likely N-dealkylation sites (N-methyl/N-ethyl adjacent to an activating group) is 1. The van der Waals surface area contributed by atoms with Gasteiger partial charge in [0, 0.05) is 18.0 Å². The third-order valence-electron chi connectivity index (χ3n) is 8.69. The van der Waals surface area contributed by atoms with Crippen molar-refractivity contribution in [2.24, 2.45) is 0 Å². The molecule has 2 aliphatic carbocycles. The maximum Gasteiger partial charge on any atom is 0.348 e. The standard InChI is InChI=1S/C28H31NO14/c1-12(30)25(37)42-17(26(38)41-16(24(35)36)10-19(32)33)11-20(34)40-15-5-6-28(39)18-9-13-3-4-14(31)22-21(13)27(28,23(15)43-22)7-8-29(18)2/h3-5,12,16-18,23,30-31,39H,6-11H2,1-2H3,(H,32,33)(H,35,36)/t12-,16+,17-,18+,23-,27-,28+/m0/s1. The van der Waals surface area contributed by atoms with E-state index >= 15 is 0 Å². The topological polar surface area (TPSA) is 227 Å². The number of benzene rings is 1. The van der Waals surface area contributed by atoms with Crippen molar-refractivity contribution >= 4 is 29.8 Å². The van der Waals surface area contributed by atoms with E-state index in [9.17, 15) is 44.4 Å². The van der Waals surface area contributed by atoms with Crippen molar-refractivity contribution in [2.45, 2.75) is 80.5 Å². The van der Waals surface area contributed by atoms with E-state index in [2.05, 4.69) is 4.90 Å². The second kappa shape index (κ2) is 10.8. The quantitative estimate of drug-likeness (QED) is 0.165. The molecule has 5 rings (SSSR count). The van der Waals surface area contributed by atoms with Crippen LogP contribution >= 0.6 is 0 Å². The van der Waals surface area contributed by atoms with Gasteiger partial charge < -0.3 is 49.4 Å². The fraction of sp³-hybridized carbons (Fsp3) is 0.536. The summed E-state index contributed by atoms with van der Waals surface area (Å²) in [7, 11) is 1.91. The summed E-state index contributed by atoms with van der Waals surface area (Å²) in [4.78, 5) is 62.4. The summed E-state index contributed by atoms with van der Waals surface area (Å²) in [6.45, 7) is 1.60. The minimum atomic E-state index is -2.15. The molecule has 5 N–H and O–H groups in total. The second-order valence-electron chi connectivity index (χ2n) is 11.2. The molecule has 7 atom stereocenters. The number of phenolic OH excluding ortho intramolecular Hbond substituents is 1. The Bertz CT molecular complexity index is 1420. The van der Waals surface area contributed by atoms with Crippen molar-refractivity contribution in [3.63, 3.8) is 0 Å². The van der Waals surface area contributed by atoms with E-state index in [1.807, 2.05) is 7.05 Å². The number of carboxylic acids is 2. The van der Waals surface area contributed by atoms with E-state index in [1.165, 1.54) is 12.1 Å². The lowest BCUT2D eigenvalue weighted by Crippen LogP contribution is -2.74. The number of ether oxygens (including phenoxy) is 4. The maximum atomic E-state index is 13.2. The number of esters is 3. The molecule has 0 amide bonds. The SMILES string of the molecule is C[C@H](O)C(=O)O[C@@H](CC(=O)OC1=CC[C@@]2(O)[C@H]3Cc4ccc(O)c5c4[C@@]2(CCN3C)[C@H]1O5)C(=O)O[C@H](CC(=O)O)C(=O)O. The Morgan fingerprint density at radius 1 is 1.09 bits per heavy atom. The van der Waals surface area contributed by atoms with Crippen molar-refractivity contribution in [3.05, 3.63) is 35.1 Å². The van der Waals surface area contributed by atoms with Gasteiger partial charge in [0.25, 0.3) is 0 Å². The van der Waals surface area contributed by atoms with E-state index in [0.717, 1.165) is 12.5 Å². The van der Waals surface area contributed by atoms with Gasteiger partial charge in [0.2, 0.25) is 12.2 Å². The predicted molar refractivity (Wildman–Crippen MR) is 139 cm³/mol. The van der Waals surface area contributed by atoms with Crippen molar-refractivity contribution in [2.75, 3.05) is 13.6 Å². The van der Waals surface area contributed by atoms with Gasteiger partial charge in [-0.25, -0.2) is 14.4 Å². The van der Waals surface area contributed by atoms with Crippen molar-refractivity contribution in [1.29, 1.82) is 0 Å². The van der Waals surface area contributed by atoms with Gasteiger partial charge in [-0.2, -0.15) is 0 Å². The van der Waals surface area contributed by atoms with Crippen LogP contribution in [0.25, 0.3) is 0 Å². The lowest BCUT2D eigenvalue weighted by molar-refractivity contribution is -0.184. The van der Waals surface area contributed by atoms with Crippen molar-refractivity contribution in [3.8, 4) is 11.5 Å². The Morgan fingerprint density at radius 2 is 1.79 bits per heavy atom. The third kappa shape index (κ3) is 4.86. The number of likely N-dealkylation sites (tertiary alicyclic amines) is 1. The molecule has 15 nitrogen and oxygen atoms in total. The van der Waals surface area contributed by atoms with Crippen LogP contribution in [0.5, 0.6) is 11.5 Å². The highest BCUT2D eigenvalue weighted by atomic mass is 16.6. The van der Waals surface area contributed by atoms with Crippen LogP contribution in [-0.2, 0) is 50.0 Å². The number of aliphatic hydroxyl groups excluding tert-OH is 1. The number of piperidine rings is 1. The number of aliphatic hydroxyl groups is 2. The lowest BCUT2D eigenvalue weighted by atomic mass is 9.50. The van der Waals surface area contributed by atoms with Crippen LogP contribution in [-0.4, -0.2) is 110 Å². The van der Waals surface area contributed by atoms with Gasteiger partial charge in [-0.15, -0.1) is 0 Å². The molecule has 43 heavy (non-hydrogen) atoms. The summed E-state index contributed by atoms with van der Waals surface area (Å²) in [5, 5.41) is 50.5. The third-order valence-corrected chi connectivity index (χ3v) is 8.69. The molecule has 232 valence electrons. The Labute approximate surface area is 244 Å². The predicted octanol–water partition coefficient (Wildman–Crippen LogP) is -0.633. The van der Waals surface area contributed by atoms with Gasteiger partial charge in [0.15, 0.2) is 17.6 Å². The Balaban J connectivity index is 1.41. The van der Waals surface area contributed by atoms with Gasteiger partial charge >= 0.3 is 29.8 Å². The van der Waals surface area contributed by atoms with Crippen LogP contribution in [0.1, 0.15) is 43.7 Å². The van der Waals surface area contributed by atoms with E-state index < -0.39 is 78.1 Å². The molecule has 0 aromatic heterocycles. The molecule has 1 saturated heterocycles. The van der Waals surface area contributed by atoms with Gasteiger partial charge in [-0.05, 0) is 51.1 Å². The Morgan fingerprint density at radius 3 is 2.44 bits per heavy atom. The van der Waals surface area contributed by atoms with Crippen molar-refractivity contribution < 1.29 is 68.5 Å². The zero-order valence-corrected chi connectivity index (χ0v) is 23.2. The van der Waals surface area contributed by atoms with Crippen LogP contribution in [0.4, 0.5) is 0 Å². The van der Waals surface area contributed by atoms with E-state index in [4.69, 9.17) is 24.1 Å². The average Bonchev–Trinajstić information content (AvgIpc) is 3.28. The van der Waals surface area contributed by atoms with E-state index in [0.29, 0.717) is 24.9 Å². The van der Waals surface area contributed by atoms with Crippen LogP contribution in [0.3, 0.4) is 0 Å². The first-order valence-corrected chi connectivity index (χ1v) is 13.6. The number of hydrogen-bond acceptors (Lipinski definition) is 13. The molecule has 1 spiro atoms. The van der Waals surface area contributed by atoms with Crippen LogP contribution in [0.2, 0.25) is 0 Å². The number of hydrogen-bond donors (Lipinski definition) is 5. The van der Waals surface area contributed by atoms with Gasteiger partial charge in [-0.3, -0.25) is 9.59 Å². The lowest BCUT2D eigenvalue weighted by Gasteiger charge is -2.61. The fourth-order valence-electron chi connectivity index (χ4n) is 6.73. The highest BCUT2D eigenvalue weighted by Gasteiger charge is 2.72. The summed E-state index contributed by atoms with van der Waals surface area (Å²) in [5.74, 6) is -7.37. The zero-order chi connectivity index (χ0) is 31.4. The molecule has 1 aromatic carbocycles. The van der Waals surface area contributed by atoms with E-state index in [-0.39, 0.29) is 29.7 Å². The number of carbonyl (C=O) groups is 5. The first-order valence-electron chi connectivity index (χ1n) is 13.6. The number of nitrogens with zero attached hydrogens (tertiary/aromatic N) is 1. The molecule has 2 aliphatic heterocycles. The minimum absolute atomic E-state index is 0.00955. The molecule has 15 heteroatoms. The maximum absolute atomic E-state index is 13.2. The molecule has 2 bridgehead atoms. The van der Waals surface area contributed by atoms with Crippen LogP contribution < -0.4 is 4.74 Å². The first kappa shape index (κ1) is 30.3. The minimum Gasteiger partial charge on any atom is -0.504 e. The monoisotopic (exact) mass is 605 g/mol. The summed E-state index contributed by atoms with van der Waals surface area (Å²) in [5.41, 5.74) is -0.872. The zero-order valence-electron chi connectivity index (χ0n) is 23.2. The summed E-state index contributed by atoms with van der Waals surface area (Å²) < 4.78 is 21.4. The second-order valence-corrected chi connectivity index (χ2v) is 11.2. The fourth-order valence-corrected chi connectivity index (χ4v) is 6.73. The Hall–Kier alpha value is -4.21. The summed E-state index contributed by atoms with van der Waals surface area (Å²) in [6.07, 6.45) is -6.64. The van der Waals surface area contributed by atoms with E-state index in [1.54, 1.807) is 6.07 Å². The number of aromatic hydroxyl groups is 1. The number of carbonyl (C=O) groups excluding carboxylic acids is 3. The number of rotatable bonds is 10. The highest BCUT2D eigenvalue weighted by molar-refractivity contribution is 5.88. The van der Waals surface area contributed by atoms with Gasteiger partial charge in [0.1, 0.15) is 11.9 Å². The van der Waals surface area contributed by atoms with Gasteiger partial charge in [-0.1, -0.05) is 6.07 Å². The largest absolute Gasteiger partial charge is 0.504 e. The van der Waals surface area contributed by atoms with Crippen LogP contribution in [0, 0.1) is 0 Å². The molecule has 2 heterocycles. The molecule has 0 radical (unpaired) electrons. The average molecular weight is 606 g/mol. The summed E-state index contributed by atoms with van der Waals surface area (Å²) >= 11 is 0. The molecule has 0 unspecified atom stereocenters. The molecule has 0 saturated carbocycles. The smallest absolute Gasteiger partial charge is 0.348 e.